The predicted octanol–water partition coefficient (Wildman–Crippen LogP) is 1.73. The minimum absolute atomic E-state index is 0.507. The molecular formula is C8H10ClN3. The van der Waals surface area contributed by atoms with E-state index < -0.39 is 0 Å². The second kappa shape index (κ2) is 2.90. The molecule has 0 spiro atoms. The zero-order chi connectivity index (χ0) is 8.55. The average Bonchev–Trinajstić information content (AvgIpc) is 2.85. The molecule has 1 fully saturated rings. The molecule has 3 nitrogen and oxygen atoms in total. The molecule has 1 heterocycles. The molecule has 0 atom stereocenters. The number of aromatic nitrogens is 2. The maximum Gasteiger partial charge on any atom is 0.134 e. The van der Waals surface area contributed by atoms with Gasteiger partial charge >= 0.3 is 0 Å². The largest absolute Gasteiger partial charge is 0.357 e. The van der Waals surface area contributed by atoms with Crippen LogP contribution in [0.3, 0.4) is 0 Å². The summed E-state index contributed by atoms with van der Waals surface area (Å²) in [5.41, 5.74) is 0. The standard InChI is InChI=1S/C8H10ClN3/c1-12(6-2-3-6)8-4-7(9)10-5-11-8/h4-6H,2-3H2,1H3. The maximum absolute atomic E-state index is 5.74. The van der Waals surface area contributed by atoms with Gasteiger partial charge in [0, 0.05) is 19.2 Å². The quantitative estimate of drug-likeness (QED) is 0.654. The topological polar surface area (TPSA) is 29.0 Å². The molecule has 0 saturated heterocycles. The molecule has 0 radical (unpaired) electrons. The zero-order valence-corrected chi connectivity index (χ0v) is 7.62. The summed E-state index contributed by atoms with van der Waals surface area (Å²) in [6.45, 7) is 0. The lowest BCUT2D eigenvalue weighted by Crippen LogP contribution is -2.20. The van der Waals surface area contributed by atoms with Gasteiger partial charge in [-0.25, -0.2) is 9.97 Å². The van der Waals surface area contributed by atoms with Crippen molar-refractivity contribution in [2.75, 3.05) is 11.9 Å². The first-order valence-corrected chi connectivity index (χ1v) is 4.35. The predicted molar refractivity (Wildman–Crippen MR) is 48.5 cm³/mol. The summed E-state index contributed by atoms with van der Waals surface area (Å²) in [5, 5.41) is 0.507. The van der Waals surface area contributed by atoms with Gasteiger partial charge < -0.3 is 4.90 Å². The van der Waals surface area contributed by atoms with Gasteiger partial charge in [0.15, 0.2) is 0 Å². The van der Waals surface area contributed by atoms with Crippen LogP contribution in [-0.2, 0) is 0 Å². The van der Waals surface area contributed by atoms with Gasteiger partial charge in [0.1, 0.15) is 17.3 Å². The van der Waals surface area contributed by atoms with Crippen molar-refractivity contribution in [3.8, 4) is 0 Å². The van der Waals surface area contributed by atoms with Crippen molar-refractivity contribution >= 4 is 17.4 Å². The van der Waals surface area contributed by atoms with Crippen LogP contribution in [0.1, 0.15) is 12.8 Å². The molecule has 0 bridgehead atoms. The third kappa shape index (κ3) is 1.50. The Hall–Kier alpha value is -0.830. The van der Waals surface area contributed by atoms with Gasteiger partial charge in [0.25, 0.3) is 0 Å². The van der Waals surface area contributed by atoms with E-state index in [9.17, 15) is 0 Å². The van der Waals surface area contributed by atoms with Gasteiger partial charge in [-0.2, -0.15) is 0 Å². The summed E-state index contributed by atoms with van der Waals surface area (Å²) in [4.78, 5) is 10.1. The van der Waals surface area contributed by atoms with Crippen LogP contribution in [-0.4, -0.2) is 23.1 Å². The third-order valence-corrected chi connectivity index (χ3v) is 2.28. The molecule has 1 aliphatic rings. The van der Waals surface area contributed by atoms with Crippen LogP contribution in [0.5, 0.6) is 0 Å². The summed E-state index contributed by atoms with van der Waals surface area (Å²) < 4.78 is 0. The fourth-order valence-corrected chi connectivity index (χ4v) is 1.31. The van der Waals surface area contributed by atoms with Crippen molar-refractivity contribution in [1.82, 2.24) is 9.97 Å². The molecule has 0 aromatic carbocycles. The molecule has 1 aliphatic carbocycles. The van der Waals surface area contributed by atoms with E-state index in [1.165, 1.54) is 19.2 Å². The van der Waals surface area contributed by atoms with Crippen LogP contribution < -0.4 is 4.90 Å². The summed E-state index contributed by atoms with van der Waals surface area (Å²) in [7, 11) is 2.04. The molecule has 2 rings (SSSR count). The summed E-state index contributed by atoms with van der Waals surface area (Å²) in [6.07, 6.45) is 4.02. The van der Waals surface area contributed by atoms with E-state index in [0.29, 0.717) is 11.2 Å². The highest BCUT2D eigenvalue weighted by atomic mass is 35.5. The minimum atomic E-state index is 0.507. The maximum atomic E-state index is 5.74. The van der Waals surface area contributed by atoms with Crippen LogP contribution in [0.4, 0.5) is 5.82 Å². The van der Waals surface area contributed by atoms with Crippen molar-refractivity contribution in [3.63, 3.8) is 0 Å². The Morgan fingerprint density at radius 1 is 1.50 bits per heavy atom. The SMILES string of the molecule is CN(c1cc(Cl)ncn1)C1CC1. The van der Waals surface area contributed by atoms with Gasteiger partial charge in [0.05, 0.1) is 0 Å². The van der Waals surface area contributed by atoms with Crippen LogP contribution in [0.15, 0.2) is 12.4 Å². The molecule has 1 aromatic heterocycles. The Bertz CT molecular complexity index is 285. The molecule has 64 valence electrons. The normalized spacial score (nSPS) is 16.2. The second-order valence-electron chi connectivity index (χ2n) is 3.04. The van der Waals surface area contributed by atoms with Crippen LogP contribution in [0, 0.1) is 0 Å². The van der Waals surface area contributed by atoms with Gasteiger partial charge in [-0.3, -0.25) is 0 Å². The minimum Gasteiger partial charge on any atom is -0.357 e. The molecule has 1 aromatic rings. The fourth-order valence-electron chi connectivity index (χ4n) is 1.17. The third-order valence-electron chi connectivity index (χ3n) is 2.08. The Morgan fingerprint density at radius 2 is 2.25 bits per heavy atom. The van der Waals surface area contributed by atoms with Crippen LogP contribution in [0.25, 0.3) is 0 Å². The molecular weight excluding hydrogens is 174 g/mol. The highest BCUT2D eigenvalue weighted by Crippen LogP contribution is 2.29. The Morgan fingerprint density at radius 3 is 2.83 bits per heavy atom. The average molecular weight is 184 g/mol. The van der Waals surface area contributed by atoms with Crippen LogP contribution >= 0.6 is 11.6 Å². The molecule has 4 heteroatoms. The summed E-state index contributed by atoms with van der Waals surface area (Å²) in [6, 6.07) is 2.45. The van der Waals surface area contributed by atoms with Crippen molar-refractivity contribution in [2.24, 2.45) is 0 Å². The number of halogens is 1. The lowest BCUT2D eigenvalue weighted by molar-refractivity contribution is 0.885. The number of hydrogen-bond acceptors (Lipinski definition) is 3. The van der Waals surface area contributed by atoms with Crippen molar-refractivity contribution < 1.29 is 0 Å². The number of hydrogen-bond donors (Lipinski definition) is 0. The van der Waals surface area contributed by atoms with Gasteiger partial charge in [-0.05, 0) is 12.8 Å². The number of rotatable bonds is 2. The second-order valence-corrected chi connectivity index (χ2v) is 3.43. The van der Waals surface area contributed by atoms with Crippen molar-refractivity contribution in [2.45, 2.75) is 18.9 Å². The molecule has 12 heavy (non-hydrogen) atoms. The van der Waals surface area contributed by atoms with Crippen molar-refractivity contribution in [3.05, 3.63) is 17.5 Å². The fraction of sp³-hybridized carbons (Fsp3) is 0.500. The van der Waals surface area contributed by atoms with E-state index in [1.807, 2.05) is 7.05 Å². The summed E-state index contributed by atoms with van der Waals surface area (Å²) >= 11 is 5.74. The molecule has 1 saturated carbocycles. The summed E-state index contributed by atoms with van der Waals surface area (Å²) in [5.74, 6) is 0.914. The Balaban J connectivity index is 2.20. The molecule has 0 aliphatic heterocycles. The monoisotopic (exact) mass is 183 g/mol. The van der Waals surface area contributed by atoms with Gasteiger partial charge in [-0.15, -0.1) is 0 Å². The van der Waals surface area contributed by atoms with E-state index in [-0.39, 0.29) is 0 Å². The number of anilines is 1. The smallest absolute Gasteiger partial charge is 0.134 e. The lowest BCUT2D eigenvalue weighted by atomic mass is 10.5. The van der Waals surface area contributed by atoms with E-state index in [1.54, 1.807) is 6.07 Å². The number of nitrogens with zero attached hydrogens (tertiary/aromatic N) is 3. The zero-order valence-electron chi connectivity index (χ0n) is 6.87. The van der Waals surface area contributed by atoms with Crippen molar-refractivity contribution in [1.29, 1.82) is 0 Å². The van der Waals surface area contributed by atoms with E-state index in [0.717, 1.165) is 5.82 Å². The Kier molecular flexibility index (Phi) is 1.89. The van der Waals surface area contributed by atoms with E-state index in [4.69, 9.17) is 11.6 Å². The molecule has 0 N–H and O–H groups in total. The first-order chi connectivity index (χ1) is 5.77. The van der Waals surface area contributed by atoms with Crippen LogP contribution in [0.2, 0.25) is 5.15 Å². The Labute approximate surface area is 76.4 Å². The first-order valence-electron chi connectivity index (χ1n) is 3.98. The highest BCUT2D eigenvalue weighted by molar-refractivity contribution is 6.29. The van der Waals surface area contributed by atoms with E-state index in [2.05, 4.69) is 14.9 Å². The lowest BCUT2D eigenvalue weighted by Gasteiger charge is -2.16. The van der Waals surface area contributed by atoms with Gasteiger partial charge in [0.2, 0.25) is 0 Å². The molecule has 0 unspecified atom stereocenters. The highest BCUT2D eigenvalue weighted by Gasteiger charge is 2.27. The molecule has 0 amide bonds. The van der Waals surface area contributed by atoms with Gasteiger partial charge in [-0.1, -0.05) is 11.6 Å². The van der Waals surface area contributed by atoms with E-state index >= 15 is 0 Å². The first kappa shape index (κ1) is 7.80.